The normalized spacial score (nSPS) is 17.7. The van der Waals surface area contributed by atoms with Gasteiger partial charge in [0, 0.05) is 39.1 Å². The summed E-state index contributed by atoms with van der Waals surface area (Å²) in [5, 5.41) is 6.21. The maximum absolute atomic E-state index is 11.4. The minimum atomic E-state index is 0.0443. The fourth-order valence-electron chi connectivity index (χ4n) is 2.12. The lowest BCUT2D eigenvalue weighted by Gasteiger charge is -2.32. The molecule has 0 atom stereocenters. The molecule has 1 amide bonds. The van der Waals surface area contributed by atoms with Gasteiger partial charge in [-0.2, -0.15) is 0 Å². The number of hydrogen-bond acceptors (Lipinski definition) is 2. The summed E-state index contributed by atoms with van der Waals surface area (Å²) in [4.78, 5) is 18.0. The summed E-state index contributed by atoms with van der Waals surface area (Å²) < 4.78 is 0. The number of aliphatic imine (C=N–C) groups is 1. The Balaban J connectivity index is 2.24. The van der Waals surface area contributed by atoms with Crippen molar-refractivity contribution in [3.8, 4) is 0 Å². The Hall–Kier alpha value is -1.26. The van der Waals surface area contributed by atoms with Gasteiger partial charge in [0.2, 0.25) is 5.91 Å². The highest BCUT2D eigenvalue weighted by molar-refractivity contribution is 5.80. The van der Waals surface area contributed by atoms with Gasteiger partial charge in [-0.3, -0.25) is 9.79 Å². The molecule has 1 rings (SSSR count). The first-order chi connectivity index (χ1) is 9.04. The van der Waals surface area contributed by atoms with Gasteiger partial charge in [0.1, 0.15) is 0 Å². The van der Waals surface area contributed by atoms with Crippen LogP contribution in [-0.2, 0) is 4.79 Å². The molecule has 0 spiro atoms. The van der Waals surface area contributed by atoms with E-state index in [9.17, 15) is 4.79 Å². The zero-order chi connectivity index (χ0) is 14.3. The van der Waals surface area contributed by atoms with Crippen molar-refractivity contribution >= 4 is 11.9 Å². The Labute approximate surface area is 116 Å². The topological polar surface area (TPSA) is 56.7 Å². The lowest BCUT2D eigenvalue weighted by molar-refractivity contribution is -0.123. The number of nitrogens with one attached hydrogen (secondary N) is 2. The molecule has 1 aliphatic rings. The van der Waals surface area contributed by atoms with Crippen molar-refractivity contribution in [1.82, 2.24) is 15.5 Å². The van der Waals surface area contributed by atoms with E-state index in [-0.39, 0.29) is 11.8 Å². The smallest absolute Gasteiger partial charge is 0.222 e. The van der Waals surface area contributed by atoms with E-state index in [1.54, 1.807) is 0 Å². The summed E-state index contributed by atoms with van der Waals surface area (Å²) in [5.74, 6) is 1.91. The van der Waals surface area contributed by atoms with Crippen LogP contribution in [0.25, 0.3) is 0 Å². The molecule has 110 valence electrons. The number of hydrogen-bond donors (Lipinski definition) is 2. The third-order valence-electron chi connectivity index (χ3n) is 3.53. The lowest BCUT2D eigenvalue weighted by atomic mass is 10.00. The zero-order valence-corrected chi connectivity index (χ0v) is 12.7. The van der Waals surface area contributed by atoms with Crippen LogP contribution in [-0.4, -0.2) is 50.0 Å². The molecule has 0 aromatic carbocycles. The predicted octanol–water partition coefficient (Wildman–Crippen LogP) is 1.07. The van der Waals surface area contributed by atoms with Crippen molar-refractivity contribution in [2.75, 3.05) is 33.2 Å². The standard InChI is InChI=1S/C14H28N4O/c1-11(2)13(19)16-7-8-17-14(15-4)18-9-5-12(3)6-10-18/h11-12H,5-10H2,1-4H3,(H,15,17)(H,16,19). The van der Waals surface area contributed by atoms with Crippen LogP contribution in [0.2, 0.25) is 0 Å². The second kappa shape index (κ2) is 8.02. The molecule has 0 bridgehead atoms. The number of guanidine groups is 1. The molecule has 5 nitrogen and oxygen atoms in total. The van der Waals surface area contributed by atoms with Crippen molar-refractivity contribution in [3.05, 3.63) is 0 Å². The number of carbonyl (C=O) groups is 1. The highest BCUT2D eigenvalue weighted by Gasteiger charge is 2.18. The molecule has 2 N–H and O–H groups in total. The van der Waals surface area contributed by atoms with Crippen molar-refractivity contribution in [2.24, 2.45) is 16.8 Å². The maximum atomic E-state index is 11.4. The van der Waals surface area contributed by atoms with Crippen molar-refractivity contribution in [1.29, 1.82) is 0 Å². The Morgan fingerprint density at radius 3 is 2.37 bits per heavy atom. The molecule has 19 heavy (non-hydrogen) atoms. The van der Waals surface area contributed by atoms with Crippen LogP contribution in [0.15, 0.2) is 4.99 Å². The van der Waals surface area contributed by atoms with Crippen LogP contribution in [0, 0.1) is 11.8 Å². The number of rotatable bonds is 4. The van der Waals surface area contributed by atoms with E-state index in [0.29, 0.717) is 6.54 Å². The van der Waals surface area contributed by atoms with Crippen molar-refractivity contribution < 1.29 is 4.79 Å². The van der Waals surface area contributed by atoms with Gasteiger partial charge in [0.15, 0.2) is 5.96 Å². The van der Waals surface area contributed by atoms with E-state index in [0.717, 1.165) is 31.5 Å². The predicted molar refractivity (Wildman–Crippen MR) is 79.2 cm³/mol. The molecule has 1 heterocycles. The second-order valence-corrected chi connectivity index (χ2v) is 5.59. The first-order valence-corrected chi connectivity index (χ1v) is 7.28. The van der Waals surface area contributed by atoms with E-state index in [1.165, 1.54) is 12.8 Å². The first-order valence-electron chi connectivity index (χ1n) is 7.28. The molecular formula is C14H28N4O. The van der Waals surface area contributed by atoms with Crippen LogP contribution in [0.3, 0.4) is 0 Å². The van der Waals surface area contributed by atoms with E-state index < -0.39 is 0 Å². The molecule has 1 saturated heterocycles. The van der Waals surface area contributed by atoms with Crippen LogP contribution >= 0.6 is 0 Å². The summed E-state index contributed by atoms with van der Waals surface area (Å²) in [6.45, 7) is 9.60. The highest BCUT2D eigenvalue weighted by atomic mass is 16.1. The van der Waals surface area contributed by atoms with Gasteiger partial charge in [0.25, 0.3) is 0 Å². The van der Waals surface area contributed by atoms with Crippen molar-refractivity contribution in [3.63, 3.8) is 0 Å². The average molecular weight is 268 g/mol. The molecular weight excluding hydrogens is 240 g/mol. The highest BCUT2D eigenvalue weighted by Crippen LogP contribution is 2.15. The van der Waals surface area contributed by atoms with Gasteiger partial charge in [-0.15, -0.1) is 0 Å². The minimum Gasteiger partial charge on any atom is -0.354 e. The molecule has 0 aromatic rings. The largest absolute Gasteiger partial charge is 0.354 e. The van der Waals surface area contributed by atoms with Gasteiger partial charge in [-0.1, -0.05) is 20.8 Å². The monoisotopic (exact) mass is 268 g/mol. The number of carbonyl (C=O) groups excluding carboxylic acids is 1. The Morgan fingerprint density at radius 2 is 1.84 bits per heavy atom. The molecule has 0 saturated carbocycles. The van der Waals surface area contributed by atoms with E-state index in [4.69, 9.17) is 0 Å². The fraction of sp³-hybridized carbons (Fsp3) is 0.857. The molecule has 0 aliphatic carbocycles. The summed E-state index contributed by atoms with van der Waals surface area (Å²) in [6.07, 6.45) is 2.45. The van der Waals surface area contributed by atoms with Crippen LogP contribution in [0.5, 0.6) is 0 Å². The zero-order valence-electron chi connectivity index (χ0n) is 12.7. The van der Waals surface area contributed by atoms with Crippen LogP contribution in [0.4, 0.5) is 0 Å². The first kappa shape index (κ1) is 15.8. The third kappa shape index (κ3) is 5.49. The number of piperidine rings is 1. The Kier molecular flexibility index (Phi) is 6.67. The molecule has 0 radical (unpaired) electrons. The SMILES string of the molecule is CN=C(NCCNC(=O)C(C)C)N1CCC(C)CC1. The van der Waals surface area contributed by atoms with Gasteiger partial charge in [0.05, 0.1) is 0 Å². The van der Waals surface area contributed by atoms with Crippen LogP contribution < -0.4 is 10.6 Å². The second-order valence-electron chi connectivity index (χ2n) is 5.59. The summed E-state index contributed by atoms with van der Waals surface area (Å²) in [5.41, 5.74) is 0. The number of likely N-dealkylation sites (tertiary alicyclic amines) is 1. The van der Waals surface area contributed by atoms with Gasteiger partial charge in [-0.25, -0.2) is 0 Å². The lowest BCUT2D eigenvalue weighted by Crippen LogP contribution is -2.47. The third-order valence-corrected chi connectivity index (χ3v) is 3.53. The average Bonchev–Trinajstić information content (AvgIpc) is 2.40. The summed E-state index contributed by atoms with van der Waals surface area (Å²) >= 11 is 0. The van der Waals surface area contributed by atoms with E-state index >= 15 is 0 Å². The van der Waals surface area contributed by atoms with Gasteiger partial charge < -0.3 is 15.5 Å². The fourth-order valence-corrected chi connectivity index (χ4v) is 2.12. The summed E-state index contributed by atoms with van der Waals surface area (Å²) in [6, 6.07) is 0. The number of nitrogens with zero attached hydrogens (tertiary/aromatic N) is 2. The quantitative estimate of drug-likeness (QED) is 0.455. The number of amides is 1. The molecule has 5 heteroatoms. The maximum Gasteiger partial charge on any atom is 0.222 e. The minimum absolute atomic E-state index is 0.0443. The van der Waals surface area contributed by atoms with Crippen molar-refractivity contribution in [2.45, 2.75) is 33.6 Å². The summed E-state index contributed by atoms with van der Waals surface area (Å²) in [7, 11) is 1.81. The molecule has 0 aromatic heterocycles. The van der Waals surface area contributed by atoms with Crippen LogP contribution in [0.1, 0.15) is 33.6 Å². The molecule has 1 aliphatic heterocycles. The molecule has 1 fully saturated rings. The Bertz CT molecular complexity index is 307. The van der Waals surface area contributed by atoms with E-state index in [2.05, 4.69) is 27.4 Å². The molecule has 0 unspecified atom stereocenters. The Morgan fingerprint density at radius 1 is 1.26 bits per heavy atom. The van der Waals surface area contributed by atoms with Gasteiger partial charge >= 0.3 is 0 Å². The van der Waals surface area contributed by atoms with E-state index in [1.807, 2.05) is 20.9 Å². The van der Waals surface area contributed by atoms with Gasteiger partial charge in [-0.05, 0) is 18.8 Å².